The van der Waals surface area contributed by atoms with Crippen LogP contribution in [-0.2, 0) is 18.6 Å². The van der Waals surface area contributed by atoms with Crippen LogP contribution in [0.4, 0.5) is 0 Å². The van der Waals surface area contributed by atoms with E-state index in [0.29, 0.717) is 12.8 Å². The van der Waals surface area contributed by atoms with Gasteiger partial charge in [0.05, 0.1) is 6.61 Å². The highest BCUT2D eigenvalue weighted by atomic mass is 31.2. The van der Waals surface area contributed by atoms with Crippen LogP contribution >= 0.6 is 7.37 Å². The summed E-state index contributed by atoms with van der Waals surface area (Å²) in [4.78, 5) is 11.3. The Hall–Kier alpha value is -0.780. The summed E-state index contributed by atoms with van der Waals surface area (Å²) in [6.45, 7) is 5.35. The zero-order valence-electron chi connectivity index (χ0n) is 9.36. The topological polar surface area (TPSA) is 52.6 Å². The molecule has 86 valence electrons. The summed E-state index contributed by atoms with van der Waals surface area (Å²) < 4.78 is 21.8. The van der Waals surface area contributed by atoms with E-state index >= 15 is 0 Å². The van der Waals surface area contributed by atoms with Gasteiger partial charge in [-0.15, -0.1) is 6.42 Å². The van der Waals surface area contributed by atoms with Crippen molar-refractivity contribution in [3.8, 4) is 12.3 Å². The first kappa shape index (κ1) is 14.2. The maximum Gasteiger partial charge on any atom is 0.316 e. The molecule has 0 bridgehead atoms. The molecule has 0 aliphatic heterocycles. The molecule has 5 heteroatoms. The van der Waals surface area contributed by atoms with Gasteiger partial charge in [-0.25, -0.2) is 0 Å². The van der Waals surface area contributed by atoms with E-state index in [0.717, 1.165) is 0 Å². The summed E-state index contributed by atoms with van der Waals surface area (Å²) >= 11 is 0. The fourth-order valence-corrected chi connectivity index (χ4v) is 2.39. The lowest BCUT2D eigenvalue weighted by atomic mass is 10.4. The second kappa shape index (κ2) is 6.66. The maximum absolute atomic E-state index is 11.9. The lowest BCUT2D eigenvalue weighted by molar-refractivity contribution is -0.142. The highest BCUT2D eigenvalue weighted by Crippen LogP contribution is 2.46. The van der Waals surface area contributed by atoms with E-state index in [1.54, 1.807) is 20.8 Å². The first-order valence-electron chi connectivity index (χ1n) is 4.85. The van der Waals surface area contributed by atoms with E-state index in [1.807, 2.05) is 0 Å². The highest BCUT2D eigenvalue weighted by Gasteiger charge is 2.25. The van der Waals surface area contributed by atoms with Crippen LogP contribution in [0.5, 0.6) is 0 Å². The fraction of sp³-hybridized carbons (Fsp3) is 0.700. The van der Waals surface area contributed by atoms with Crippen molar-refractivity contribution >= 4 is 13.3 Å². The standard InChI is InChI=1S/C10H17O4P/c1-5-9(4)14-10(11)8-15(12,7-3)13-6-2/h1,9H,6-8H2,2-4H3. The third-order valence-electron chi connectivity index (χ3n) is 1.76. The molecule has 0 radical (unpaired) electrons. The number of hydrogen-bond acceptors (Lipinski definition) is 4. The molecule has 0 aliphatic rings. The van der Waals surface area contributed by atoms with Crippen molar-refractivity contribution in [1.82, 2.24) is 0 Å². The van der Waals surface area contributed by atoms with E-state index in [1.165, 1.54) is 0 Å². The van der Waals surface area contributed by atoms with Gasteiger partial charge in [0.15, 0.2) is 6.10 Å². The summed E-state index contributed by atoms with van der Waals surface area (Å²) in [5.74, 6) is 1.69. The van der Waals surface area contributed by atoms with Crippen LogP contribution in [0, 0.1) is 12.3 Å². The SMILES string of the molecule is C#CC(C)OC(=O)CP(=O)(CC)OCC. The predicted octanol–water partition coefficient (Wildman–Crippen LogP) is 1.89. The van der Waals surface area contributed by atoms with Crippen molar-refractivity contribution in [3.63, 3.8) is 0 Å². The number of rotatable bonds is 6. The van der Waals surface area contributed by atoms with Gasteiger partial charge in [0.2, 0.25) is 7.37 Å². The van der Waals surface area contributed by atoms with E-state index in [2.05, 4.69) is 5.92 Å². The quantitative estimate of drug-likeness (QED) is 0.398. The second-order valence-electron chi connectivity index (χ2n) is 3.01. The van der Waals surface area contributed by atoms with Gasteiger partial charge in [-0.1, -0.05) is 12.8 Å². The number of terminal acetylenes is 1. The first-order chi connectivity index (χ1) is 6.97. The van der Waals surface area contributed by atoms with Gasteiger partial charge in [0.25, 0.3) is 0 Å². The predicted molar refractivity (Wildman–Crippen MR) is 59.0 cm³/mol. The van der Waals surface area contributed by atoms with Gasteiger partial charge in [0.1, 0.15) is 6.16 Å². The van der Waals surface area contributed by atoms with Crippen molar-refractivity contribution in [3.05, 3.63) is 0 Å². The van der Waals surface area contributed by atoms with E-state index < -0.39 is 19.4 Å². The van der Waals surface area contributed by atoms with Crippen LogP contribution < -0.4 is 0 Å². The van der Waals surface area contributed by atoms with Crippen LogP contribution in [0.2, 0.25) is 0 Å². The van der Waals surface area contributed by atoms with Gasteiger partial charge in [0, 0.05) is 6.16 Å². The minimum atomic E-state index is -2.87. The monoisotopic (exact) mass is 232 g/mol. The molecule has 0 spiro atoms. The molecule has 0 saturated heterocycles. The normalized spacial score (nSPS) is 16.1. The Balaban J connectivity index is 4.26. The molecule has 0 aromatic heterocycles. The van der Waals surface area contributed by atoms with Crippen molar-refractivity contribution < 1.29 is 18.6 Å². The number of esters is 1. The average molecular weight is 232 g/mol. The fourth-order valence-electron chi connectivity index (χ4n) is 0.949. The molecular formula is C10H17O4P. The molecule has 0 heterocycles. The molecule has 2 atom stereocenters. The summed E-state index contributed by atoms with van der Waals surface area (Å²) in [5, 5.41) is 0. The van der Waals surface area contributed by atoms with Crippen molar-refractivity contribution in [2.24, 2.45) is 0 Å². The number of ether oxygens (including phenoxy) is 1. The van der Waals surface area contributed by atoms with E-state index in [4.69, 9.17) is 15.7 Å². The molecular weight excluding hydrogens is 215 g/mol. The van der Waals surface area contributed by atoms with E-state index in [-0.39, 0.29) is 6.16 Å². The van der Waals surface area contributed by atoms with Crippen LogP contribution in [0.3, 0.4) is 0 Å². The Morgan fingerprint density at radius 1 is 1.53 bits per heavy atom. The number of hydrogen-bond donors (Lipinski definition) is 0. The minimum Gasteiger partial charge on any atom is -0.449 e. The van der Waals surface area contributed by atoms with Gasteiger partial charge in [-0.3, -0.25) is 9.36 Å². The number of carbonyl (C=O) groups is 1. The largest absolute Gasteiger partial charge is 0.449 e. The Morgan fingerprint density at radius 3 is 2.53 bits per heavy atom. The Morgan fingerprint density at radius 2 is 2.13 bits per heavy atom. The molecule has 0 amide bonds. The van der Waals surface area contributed by atoms with Gasteiger partial charge >= 0.3 is 5.97 Å². The lowest BCUT2D eigenvalue weighted by Gasteiger charge is -2.15. The zero-order chi connectivity index (χ0) is 11.9. The second-order valence-corrected chi connectivity index (χ2v) is 5.84. The third kappa shape index (κ3) is 5.61. The Kier molecular flexibility index (Phi) is 6.31. The van der Waals surface area contributed by atoms with Crippen molar-refractivity contribution in [1.29, 1.82) is 0 Å². The molecule has 4 nitrogen and oxygen atoms in total. The molecule has 0 aromatic carbocycles. The number of carbonyl (C=O) groups excluding carboxylic acids is 1. The Labute approximate surface area is 90.8 Å². The minimum absolute atomic E-state index is 0.205. The van der Waals surface area contributed by atoms with Gasteiger partial charge < -0.3 is 9.26 Å². The van der Waals surface area contributed by atoms with Crippen molar-refractivity contribution in [2.75, 3.05) is 18.9 Å². The summed E-state index contributed by atoms with van der Waals surface area (Å²) in [6, 6.07) is 0. The maximum atomic E-state index is 11.9. The molecule has 0 aromatic rings. The molecule has 0 fully saturated rings. The zero-order valence-corrected chi connectivity index (χ0v) is 10.3. The highest BCUT2D eigenvalue weighted by molar-refractivity contribution is 7.59. The average Bonchev–Trinajstić information content (AvgIpc) is 2.17. The summed E-state index contributed by atoms with van der Waals surface area (Å²) in [7, 11) is -2.87. The first-order valence-corrected chi connectivity index (χ1v) is 6.85. The molecule has 0 N–H and O–H groups in total. The molecule has 0 rings (SSSR count). The van der Waals surface area contributed by atoms with Crippen molar-refractivity contribution in [2.45, 2.75) is 26.9 Å². The van der Waals surface area contributed by atoms with Crippen LogP contribution in [-0.4, -0.2) is 31.0 Å². The van der Waals surface area contributed by atoms with Crippen LogP contribution in [0.15, 0.2) is 0 Å². The molecule has 0 aliphatic carbocycles. The van der Waals surface area contributed by atoms with Gasteiger partial charge in [-0.05, 0) is 13.8 Å². The van der Waals surface area contributed by atoms with Crippen LogP contribution in [0.1, 0.15) is 20.8 Å². The van der Waals surface area contributed by atoms with E-state index in [9.17, 15) is 9.36 Å². The molecule has 15 heavy (non-hydrogen) atoms. The molecule has 0 saturated carbocycles. The van der Waals surface area contributed by atoms with Gasteiger partial charge in [-0.2, -0.15) is 0 Å². The summed E-state index contributed by atoms with van der Waals surface area (Å²) in [6.07, 6.45) is 4.57. The van der Waals surface area contributed by atoms with Crippen LogP contribution in [0.25, 0.3) is 0 Å². The third-order valence-corrected chi connectivity index (χ3v) is 4.19. The lowest BCUT2D eigenvalue weighted by Crippen LogP contribution is -2.17. The Bertz CT molecular complexity index is 292. The molecule has 2 unspecified atom stereocenters. The summed E-state index contributed by atoms with van der Waals surface area (Å²) in [5.41, 5.74) is 0. The smallest absolute Gasteiger partial charge is 0.316 e.